The van der Waals surface area contributed by atoms with E-state index < -0.39 is 0 Å². The smallest absolute Gasteiger partial charge is 0.244 e. The Bertz CT molecular complexity index is 672. The van der Waals surface area contributed by atoms with Crippen LogP contribution in [0.5, 0.6) is 0 Å². The molecule has 1 N–H and O–H groups in total. The maximum Gasteiger partial charge on any atom is 0.244 e. The molecule has 2 aromatic rings. The largest absolute Gasteiger partial charge is 0.465 e. The van der Waals surface area contributed by atoms with Crippen molar-refractivity contribution in [3.05, 3.63) is 65.6 Å². The number of nitrogens with one attached hydrogen (secondary N) is 1. The van der Waals surface area contributed by atoms with Gasteiger partial charge in [0.15, 0.2) is 0 Å². The first-order chi connectivity index (χ1) is 10.8. The molecular formula is C17H16N2O2S. The standard InChI is InChI=1S/C17H16N2O2S/c18-12-14-4-1-2-5-15(14)13-22-11-9-19-17(20)8-7-16-6-3-10-21-16/h1-8,10H,9,11,13H2,(H,19,20)/b8-7+. The summed E-state index contributed by atoms with van der Waals surface area (Å²) in [5, 5.41) is 11.8. The predicted molar refractivity (Wildman–Crippen MR) is 88.1 cm³/mol. The molecule has 112 valence electrons. The van der Waals surface area contributed by atoms with E-state index in [9.17, 15) is 4.79 Å². The summed E-state index contributed by atoms with van der Waals surface area (Å²) in [6, 6.07) is 13.3. The second kappa shape index (κ2) is 8.75. The Labute approximate surface area is 133 Å². The summed E-state index contributed by atoms with van der Waals surface area (Å²) in [7, 11) is 0. The van der Waals surface area contributed by atoms with E-state index in [4.69, 9.17) is 9.68 Å². The highest BCUT2D eigenvalue weighted by Crippen LogP contribution is 2.15. The van der Waals surface area contributed by atoms with Gasteiger partial charge in [0.2, 0.25) is 5.91 Å². The summed E-state index contributed by atoms with van der Waals surface area (Å²) in [4.78, 5) is 11.6. The van der Waals surface area contributed by atoms with E-state index in [0.29, 0.717) is 17.9 Å². The normalized spacial score (nSPS) is 10.5. The van der Waals surface area contributed by atoms with E-state index in [2.05, 4.69) is 11.4 Å². The summed E-state index contributed by atoms with van der Waals surface area (Å²) < 4.78 is 5.10. The maximum absolute atomic E-state index is 11.6. The quantitative estimate of drug-likeness (QED) is 0.630. The Balaban J connectivity index is 1.65. The van der Waals surface area contributed by atoms with Crippen molar-refractivity contribution in [2.24, 2.45) is 0 Å². The number of carbonyl (C=O) groups is 1. The van der Waals surface area contributed by atoms with E-state index in [1.165, 1.54) is 6.08 Å². The lowest BCUT2D eigenvalue weighted by atomic mass is 10.1. The van der Waals surface area contributed by atoms with Gasteiger partial charge in [0.05, 0.1) is 17.9 Å². The Morgan fingerprint density at radius 1 is 1.32 bits per heavy atom. The van der Waals surface area contributed by atoms with Gasteiger partial charge in [-0.25, -0.2) is 0 Å². The van der Waals surface area contributed by atoms with Gasteiger partial charge < -0.3 is 9.73 Å². The molecule has 1 heterocycles. The Morgan fingerprint density at radius 2 is 2.18 bits per heavy atom. The number of hydrogen-bond donors (Lipinski definition) is 1. The maximum atomic E-state index is 11.6. The number of amides is 1. The lowest BCUT2D eigenvalue weighted by molar-refractivity contribution is -0.116. The van der Waals surface area contributed by atoms with E-state index in [1.807, 2.05) is 24.3 Å². The molecule has 0 saturated heterocycles. The molecule has 1 amide bonds. The van der Waals surface area contributed by atoms with Crippen LogP contribution in [0.25, 0.3) is 6.08 Å². The number of benzene rings is 1. The van der Waals surface area contributed by atoms with E-state index in [1.54, 1.807) is 36.2 Å². The van der Waals surface area contributed by atoms with Gasteiger partial charge in [-0.15, -0.1) is 0 Å². The zero-order chi connectivity index (χ0) is 15.6. The fraction of sp³-hybridized carbons (Fsp3) is 0.176. The van der Waals surface area contributed by atoms with Crippen molar-refractivity contribution < 1.29 is 9.21 Å². The third kappa shape index (κ3) is 5.15. The summed E-state index contributed by atoms with van der Waals surface area (Å²) >= 11 is 1.69. The number of nitrogens with zero attached hydrogens (tertiary/aromatic N) is 1. The third-order valence-corrected chi connectivity index (χ3v) is 3.89. The molecule has 2 rings (SSSR count). The van der Waals surface area contributed by atoms with E-state index in [0.717, 1.165) is 17.1 Å². The van der Waals surface area contributed by atoms with Crippen molar-refractivity contribution in [1.82, 2.24) is 5.32 Å². The van der Waals surface area contributed by atoms with Gasteiger partial charge in [0.25, 0.3) is 0 Å². The fourth-order valence-electron chi connectivity index (χ4n) is 1.79. The minimum atomic E-state index is -0.144. The molecule has 0 fully saturated rings. The average molecular weight is 312 g/mol. The van der Waals surface area contributed by atoms with E-state index in [-0.39, 0.29) is 5.91 Å². The van der Waals surface area contributed by atoms with Crippen molar-refractivity contribution >= 4 is 23.7 Å². The molecule has 0 aliphatic rings. The average Bonchev–Trinajstić information content (AvgIpc) is 3.06. The minimum absolute atomic E-state index is 0.144. The Hall–Kier alpha value is -2.45. The highest BCUT2D eigenvalue weighted by Gasteiger charge is 2.01. The van der Waals surface area contributed by atoms with Crippen molar-refractivity contribution in [2.45, 2.75) is 5.75 Å². The van der Waals surface area contributed by atoms with Crippen LogP contribution in [0.2, 0.25) is 0 Å². The number of thioether (sulfide) groups is 1. The van der Waals surface area contributed by atoms with Gasteiger partial charge in [0.1, 0.15) is 5.76 Å². The Kier molecular flexibility index (Phi) is 6.34. The van der Waals surface area contributed by atoms with Crippen LogP contribution >= 0.6 is 11.8 Å². The third-order valence-electron chi connectivity index (χ3n) is 2.88. The van der Waals surface area contributed by atoms with Crippen molar-refractivity contribution in [3.8, 4) is 6.07 Å². The Morgan fingerprint density at radius 3 is 2.95 bits per heavy atom. The van der Waals surface area contributed by atoms with Gasteiger partial charge in [-0.1, -0.05) is 18.2 Å². The highest BCUT2D eigenvalue weighted by molar-refractivity contribution is 7.98. The second-order valence-corrected chi connectivity index (χ2v) is 5.57. The lowest BCUT2D eigenvalue weighted by Gasteiger charge is -2.04. The van der Waals surface area contributed by atoms with Crippen molar-refractivity contribution in [1.29, 1.82) is 5.26 Å². The summed E-state index contributed by atoms with van der Waals surface area (Å²) in [5.74, 6) is 2.06. The first kappa shape index (κ1) is 15.9. The van der Waals surface area contributed by atoms with E-state index >= 15 is 0 Å². The molecule has 4 nitrogen and oxygen atoms in total. The molecule has 0 aliphatic carbocycles. The molecule has 0 atom stereocenters. The van der Waals surface area contributed by atoms with Crippen LogP contribution < -0.4 is 5.32 Å². The van der Waals surface area contributed by atoms with Crippen molar-refractivity contribution in [2.75, 3.05) is 12.3 Å². The van der Waals surface area contributed by atoms with Crippen LogP contribution in [0.15, 0.2) is 53.2 Å². The van der Waals surface area contributed by atoms with Crippen LogP contribution in [0.1, 0.15) is 16.9 Å². The summed E-state index contributed by atoms with van der Waals surface area (Å²) in [6.45, 7) is 0.584. The lowest BCUT2D eigenvalue weighted by Crippen LogP contribution is -2.23. The molecule has 0 aliphatic heterocycles. The van der Waals surface area contributed by atoms with Crippen LogP contribution in [0.3, 0.4) is 0 Å². The van der Waals surface area contributed by atoms with Crippen LogP contribution in [0, 0.1) is 11.3 Å². The number of hydrogen-bond acceptors (Lipinski definition) is 4. The molecule has 0 saturated carbocycles. The molecule has 0 unspecified atom stereocenters. The summed E-state index contributed by atoms with van der Waals surface area (Å²) in [6.07, 6.45) is 4.65. The van der Waals surface area contributed by atoms with Gasteiger partial charge in [0, 0.05) is 24.1 Å². The first-order valence-corrected chi connectivity index (χ1v) is 8.00. The molecule has 0 spiro atoms. The van der Waals surface area contributed by atoms with Crippen LogP contribution in [-0.4, -0.2) is 18.2 Å². The molecule has 1 aromatic carbocycles. The molecule has 5 heteroatoms. The minimum Gasteiger partial charge on any atom is -0.465 e. The molecule has 1 aromatic heterocycles. The van der Waals surface area contributed by atoms with Crippen LogP contribution in [0.4, 0.5) is 0 Å². The summed E-state index contributed by atoms with van der Waals surface area (Å²) in [5.41, 5.74) is 1.74. The van der Waals surface area contributed by atoms with Gasteiger partial charge in [-0.05, 0) is 29.8 Å². The number of furan rings is 1. The molecule has 0 radical (unpaired) electrons. The van der Waals surface area contributed by atoms with Gasteiger partial charge in [-0.3, -0.25) is 4.79 Å². The van der Waals surface area contributed by atoms with Crippen LogP contribution in [-0.2, 0) is 10.5 Å². The number of nitriles is 1. The van der Waals surface area contributed by atoms with Gasteiger partial charge >= 0.3 is 0 Å². The molecule has 22 heavy (non-hydrogen) atoms. The fourth-order valence-corrected chi connectivity index (χ4v) is 2.65. The molecular weight excluding hydrogens is 296 g/mol. The zero-order valence-electron chi connectivity index (χ0n) is 12.0. The SMILES string of the molecule is N#Cc1ccccc1CSCCNC(=O)/C=C/c1ccco1. The second-order valence-electron chi connectivity index (χ2n) is 4.46. The topological polar surface area (TPSA) is 66.0 Å². The predicted octanol–water partition coefficient (Wildman–Crippen LogP) is 3.21. The highest BCUT2D eigenvalue weighted by atomic mass is 32.2. The molecule has 0 bridgehead atoms. The zero-order valence-corrected chi connectivity index (χ0v) is 12.8. The number of carbonyl (C=O) groups excluding carboxylic acids is 1. The monoisotopic (exact) mass is 312 g/mol. The number of rotatable bonds is 7. The first-order valence-electron chi connectivity index (χ1n) is 6.85. The van der Waals surface area contributed by atoms with Gasteiger partial charge in [-0.2, -0.15) is 17.0 Å². The van der Waals surface area contributed by atoms with Crippen molar-refractivity contribution in [3.63, 3.8) is 0 Å².